The number of amides is 1. The maximum absolute atomic E-state index is 12.4. The smallest absolute Gasteiger partial charge is 0.349 e. The second kappa shape index (κ2) is 6.84. The molecule has 0 aliphatic carbocycles. The average Bonchev–Trinajstić information content (AvgIpc) is 3.05. The molecule has 0 aliphatic heterocycles. The van der Waals surface area contributed by atoms with Crippen molar-refractivity contribution in [1.29, 1.82) is 0 Å². The molecule has 0 unspecified atom stereocenters. The number of esters is 1. The van der Waals surface area contributed by atoms with E-state index in [1.807, 2.05) is 54.6 Å². The van der Waals surface area contributed by atoms with Crippen LogP contribution in [0.1, 0.15) is 16.6 Å². The van der Waals surface area contributed by atoms with E-state index in [9.17, 15) is 9.59 Å². The Bertz CT molecular complexity index is 839. The molecule has 0 spiro atoms. The van der Waals surface area contributed by atoms with Crippen LogP contribution in [0.25, 0.3) is 10.1 Å². The van der Waals surface area contributed by atoms with Gasteiger partial charge in [0.2, 0.25) is 0 Å². The Morgan fingerprint density at radius 1 is 1.04 bits per heavy atom. The summed E-state index contributed by atoms with van der Waals surface area (Å²) in [6, 6.07) is 18.8. The van der Waals surface area contributed by atoms with E-state index >= 15 is 0 Å². The highest BCUT2D eigenvalue weighted by atomic mass is 32.1. The van der Waals surface area contributed by atoms with Gasteiger partial charge in [-0.15, -0.1) is 11.3 Å². The van der Waals surface area contributed by atoms with Gasteiger partial charge in [0.1, 0.15) is 4.88 Å². The summed E-state index contributed by atoms with van der Waals surface area (Å²) in [5, 5.41) is 0.995. The number of thiophene rings is 1. The van der Waals surface area contributed by atoms with E-state index < -0.39 is 12.1 Å². The molecule has 5 heteroatoms. The zero-order valence-corrected chi connectivity index (χ0v) is 14.2. The zero-order valence-electron chi connectivity index (χ0n) is 13.4. The number of nitrogens with zero attached hydrogens (tertiary/aromatic N) is 1. The first kappa shape index (κ1) is 16.2. The summed E-state index contributed by atoms with van der Waals surface area (Å²) in [5.41, 5.74) is 0.757. The second-order valence-electron chi connectivity index (χ2n) is 5.43. The molecule has 0 bridgehead atoms. The van der Waals surface area contributed by atoms with Crippen LogP contribution in [0.3, 0.4) is 0 Å². The van der Waals surface area contributed by atoms with Crippen LogP contribution in [0.15, 0.2) is 60.7 Å². The topological polar surface area (TPSA) is 46.6 Å². The Balaban J connectivity index is 1.70. The zero-order chi connectivity index (χ0) is 17.1. The van der Waals surface area contributed by atoms with Crippen LogP contribution in [-0.2, 0) is 9.53 Å². The van der Waals surface area contributed by atoms with E-state index in [1.165, 1.54) is 16.2 Å². The molecule has 0 saturated carbocycles. The quantitative estimate of drug-likeness (QED) is 0.672. The van der Waals surface area contributed by atoms with Crippen molar-refractivity contribution in [3.8, 4) is 0 Å². The monoisotopic (exact) mass is 339 g/mol. The van der Waals surface area contributed by atoms with E-state index in [4.69, 9.17) is 4.74 Å². The molecular weight excluding hydrogens is 322 g/mol. The number of hydrogen-bond donors (Lipinski definition) is 0. The highest BCUT2D eigenvalue weighted by Crippen LogP contribution is 2.26. The van der Waals surface area contributed by atoms with E-state index in [2.05, 4.69) is 0 Å². The maximum Gasteiger partial charge on any atom is 0.349 e. The second-order valence-corrected chi connectivity index (χ2v) is 6.51. The molecule has 3 aromatic rings. The van der Waals surface area contributed by atoms with Crippen LogP contribution < -0.4 is 4.90 Å². The van der Waals surface area contributed by atoms with Crippen molar-refractivity contribution in [2.45, 2.75) is 13.0 Å². The lowest BCUT2D eigenvalue weighted by molar-refractivity contribution is -0.126. The molecule has 1 atom stereocenters. The van der Waals surface area contributed by atoms with Gasteiger partial charge in [-0.05, 0) is 36.6 Å². The summed E-state index contributed by atoms with van der Waals surface area (Å²) >= 11 is 1.36. The number of anilines is 1. The summed E-state index contributed by atoms with van der Waals surface area (Å²) in [4.78, 5) is 26.7. The third-order valence-corrected chi connectivity index (χ3v) is 4.83. The third kappa shape index (κ3) is 3.31. The van der Waals surface area contributed by atoms with Crippen molar-refractivity contribution in [3.05, 3.63) is 65.5 Å². The van der Waals surface area contributed by atoms with Crippen LogP contribution in [0, 0.1) is 0 Å². The van der Waals surface area contributed by atoms with Gasteiger partial charge in [-0.2, -0.15) is 0 Å². The largest absolute Gasteiger partial charge is 0.448 e. The fourth-order valence-corrected chi connectivity index (χ4v) is 3.35. The number of hydrogen-bond acceptors (Lipinski definition) is 4. The van der Waals surface area contributed by atoms with Gasteiger partial charge >= 0.3 is 5.97 Å². The number of carbonyl (C=O) groups is 2. The molecule has 0 N–H and O–H groups in total. The van der Waals surface area contributed by atoms with Crippen LogP contribution in [0.5, 0.6) is 0 Å². The van der Waals surface area contributed by atoms with Gasteiger partial charge in [-0.3, -0.25) is 4.79 Å². The van der Waals surface area contributed by atoms with Crippen molar-refractivity contribution in [2.24, 2.45) is 0 Å². The van der Waals surface area contributed by atoms with E-state index in [1.54, 1.807) is 20.0 Å². The maximum atomic E-state index is 12.4. The Hall–Kier alpha value is -2.66. The van der Waals surface area contributed by atoms with Crippen molar-refractivity contribution >= 4 is 39.0 Å². The number of para-hydroxylation sites is 1. The molecule has 24 heavy (non-hydrogen) atoms. The van der Waals surface area contributed by atoms with E-state index in [-0.39, 0.29) is 5.91 Å². The number of fused-ring (bicyclic) bond motifs is 1. The van der Waals surface area contributed by atoms with Crippen LogP contribution >= 0.6 is 11.3 Å². The summed E-state index contributed by atoms with van der Waals surface area (Å²) in [6.45, 7) is 1.59. The predicted molar refractivity (Wildman–Crippen MR) is 96.6 cm³/mol. The van der Waals surface area contributed by atoms with Crippen molar-refractivity contribution < 1.29 is 14.3 Å². The normalized spacial score (nSPS) is 11.9. The summed E-state index contributed by atoms with van der Waals surface area (Å²) < 4.78 is 6.37. The number of ether oxygens (including phenoxy) is 1. The van der Waals surface area contributed by atoms with Crippen LogP contribution in [0.2, 0.25) is 0 Å². The SMILES string of the molecule is C[C@@H](OC(=O)c1cc2ccccc2s1)C(=O)N(C)c1ccccc1. The molecule has 0 radical (unpaired) electrons. The van der Waals surface area contributed by atoms with Crippen molar-refractivity contribution in [1.82, 2.24) is 0 Å². The van der Waals surface area contributed by atoms with Gasteiger partial charge in [0, 0.05) is 17.4 Å². The molecule has 0 fully saturated rings. The molecule has 1 heterocycles. The summed E-state index contributed by atoms with van der Waals surface area (Å²) in [6.07, 6.45) is -0.854. The molecule has 2 aromatic carbocycles. The predicted octanol–water partition coefficient (Wildman–Crippen LogP) is 4.11. The van der Waals surface area contributed by atoms with Crippen molar-refractivity contribution in [2.75, 3.05) is 11.9 Å². The van der Waals surface area contributed by atoms with E-state index in [0.717, 1.165) is 15.8 Å². The summed E-state index contributed by atoms with van der Waals surface area (Å²) in [5.74, 6) is -0.742. The minimum atomic E-state index is -0.854. The fourth-order valence-electron chi connectivity index (χ4n) is 2.40. The van der Waals surface area contributed by atoms with Gasteiger partial charge in [0.25, 0.3) is 5.91 Å². The van der Waals surface area contributed by atoms with Gasteiger partial charge in [0.05, 0.1) is 0 Å². The molecule has 122 valence electrons. The Morgan fingerprint density at radius 3 is 2.42 bits per heavy atom. The molecular formula is C19H17NO3S. The summed E-state index contributed by atoms with van der Waals surface area (Å²) in [7, 11) is 1.67. The Morgan fingerprint density at radius 2 is 1.71 bits per heavy atom. The lowest BCUT2D eigenvalue weighted by Crippen LogP contribution is -2.37. The highest BCUT2D eigenvalue weighted by molar-refractivity contribution is 7.20. The first-order valence-corrected chi connectivity index (χ1v) is 8.40. The number of benzene rings is 2. The van der Waals surface area contributed by atoms with Crippen LogP contribution in [0.4, 0.5) is 5.69 Å². The Kier molecular flexibility index (Phi) is 4.62. The lowest BCUT2D eigenvalue weighted by Gasteiger charge is -2.21. The first-order chi connectivity index (χ1) is 11.6. The minimum absolute atomic E-state index is 0.268. The van der Waals surface area contributed by atoms with Gasteiger partial charge in [-0.1, -0.05) is 36.4 Å². The molecule has 1 amide bonds. The number of likely N-dealkylation sites (N-methyl/N-ethyl adjacent to an activating group) is 1. The van der Waals surface area contributed by atoms with E-state index in [0.29, 0.717) is 4.88 Å². The third-order valence-electron chi connectivity index (χ3n) is 3.73. The fraction of sp³-hybridized carbons (Fsp3) is 0.158. The standard InChI is InChI=1S/C19H17NO3S/c1-13(18(21)20(2)15-9-4-3-5-10-15)23-19(22)17-12-14-8-6-7-11-16(14)24-17/h3-13H,1-2H3/t13-/m1/s1. The lowest BCUT2D eigenvalue weighted by atomic mass is 10.2. The van der Waals surface area contributed by atoms with Gasteiger partial charge in [0.15, 0.2) is 6.10 Å². The Labute approximate surface area is 144 Å². The molecule has 0 saturated heterocycles. The minimum Gasteiger partial charge on any atom is -0.448 e. The van der Waals surface area contributed by atoms with Crippen molar-refractivity contribution in [3.63, 3.8) is 0 Å². The first-order valence-electron chi connectivity index (χ1n) is 7.58. The van der Waals surface area contributed by atoms with Gasteiger partial charge < -0.3 is 9.64 Å². The molecule has 1 aromatic heterocycles. The number of carbonyl (C=O) groups excluding carboxylic acids is 2. The highest BCUT2D eigenvalue weighted by Gasteiger charge is 2.23. The average molecular weight is 339 g/mol. The van der Waals surface area contributed by atoms with Gasteiger partial charge in [-0.25, -0.2) is 4.79 Å². The number of rotatable bonds is 4. The molecule has 3 rings (SSSR count). The molecule has 4 nitrogen and oxygen atoms in total. The molecule has 0 aliphatic rings. The van der Waals surface area contributed by atoms with Crippen LogP contribution in [-0.4, -0.2) is 25.0 Å².